The lowest BCUT2D eigenvalue weighted by molar-refractivity contribution is 0.0702. The van der Waals surface area contributed by atoms with Crippen molar-refractivity contribution in [1.29, 1.82) is 5.26 Å². The SMILES string of the molecule is N#Cc1cc(C(=O)O)sc1NC(=O)OCC1c2ccccc2-c2ccccc21. The first-order valence-corrected chi connectivity index (χ1v) is 9.29. The van der Waals surface area contributed by atoms with Crippen LogP contribution in [0, 0.1) is 11.3 Å². The molecule has 7 heteroatoms. The standard InChI is InChI=1S/C21H14N2O4S/c22-10-12-9-18(20(24)25)28-19(12)23-21(26)27-11-17-15-7-3-1-5-13(15)14-6-2-4-8-16(14)17/h1-9,17H,11H2,(H,23,26)(H,24,25). The molecule has 0 fully saturated rings. The Morgan fingerprint density at radius 3 is 2.29 bits per heavy atom. The maximum Gasteiger partial charge on any atom is 0.412 e. The van der Waals surface area contributed by atoms with E-state index in [9.17, 15) is 9.59 Å². The number of carboxylic acids is 1. The fourth-order valence-electron chi connectivity index (χ4n) is 3.40. The molecule has 1 heterocycles. The van der Waals surface area contributed by atoms with Crippen molar-refractivity contribution in [1.82, 2.24) is 0 Å². The Kier molecular flexibility index (Phi) is 4.55. The lowest BCUT2D eigenvalue weighted by atomic mass is 9.98. The minimum absolute atomic E-state index is 0.0227. The third-order valence-corrected chi connectivity index (χ3v) is 5.66. The summed E-state index contributed by atoms with van der Waals surface area (Å²) in [6, 6.07) is 19.1. The van der Waals surface area contributed by atoms with E-state index in [2.05, 4.69) is 5.32 Å². The van der Waals surface area contributed by atoms with Gasteiger partial charge >= 0.3 is 12.1 Å². The second-order valence-corrected chi connectivity index (χ2v) is 7.27. The number of anilines is 1. The number of nitriles is 1. The van der Waals surface area contributed by atoms with Gasteiger partial charge in [-0.1, -0.05) is 48.5 Å². The minimum atomic E-state index is -1.15. The van der Waals surface area contributed by atoms with Crippen molar-refractivity contribution in [3.63, 3.8) is 0 Å². The summed E-state index contributed by atoms with van der Waals surface area (Å²) in [6.45, 7) is 0.138. The number of nitrogens with one attached hydrogen (secondary N) is 1. The van der Waals surface area contributed by atoms with Gasteiger partial charge in [-0.2, -0.15) is 5.26 Å². The molecule has 6 nitrogen and oxygen atoms in total. The van der Waals surface area contributed by atoms with Crippen molar-refractivity contribution in [2.75, 3.05) is 11.9 Å². The van der Waals surface area contributed by atoms with E-state index in [4.69, 9.17) is 15.1 Å². The molecule has 0 unspecified atom stereocenters. The average Bonchev–Trinajstić information content (AvgIpc) is 3.25. The molecule has 0 bridgehead atoms. The van der Waals surface area contributed by atoms with E-state index in [1.165, 1.54) is 6.07 Å². The summed E-state index contributed by atoms with van der Waals surface area (Å²) in [6.07, 6.45) is -0.725. The number of rotatable bonds is 4. The van der Waals surface area contributed by atoms with Crippen LogP contribution in [0.2, 0.25) is 0 Å². The topological polar surface area (TPSA) is 99.4 Å². The molecule has 1 aliphatic rings. The first kappa shape index (κ1) is 17.8. The van der Waals surface area contributed by atoms with E-state index in [0.29, 0.717) is 0 Å². The normalized spacial score (nSPS) is 12.0. The molecule has 0 radical (unpaired) electrons. The van der Waals surface area contributed by atoms with Gasteiger partial charge in [0.15, 0.2) is 0 Å². The van der Waals surface area contributed by atoms with E-state index < -0.39 is 12.1 Å². The summed E-state index contributed by atoms with van der Waals surface area (Å²) in [5.41, 5.74) is 4.54. The molecule has 28 heavy (non-hydrogen) atoms. The highest BCUT2D eigenvalue weighted by Crippen LogP contribution is 2.44. The van der Waals surface area contributed by atoms with Gasteiger partial charge in [-0.05, 0) is 28.3 Å². The monoisotopic (exact) mass is 390 g/mol. The quantitative estimate of drug-likeness (QED) is 0.674. The van der Waals surface area contributed by atoms with E-state index in [1.54, 1.807) is 0 Å². The molecule has 0 atom stereocenters. The largest absolute Gasteiger partial charge is 0.477 e. The molecular formula is C21H14N2O4S. The summed E-state index contributed by atoms with van der Waals surface area (Å²) >= 11 is 0.822. The molecule has 0 saturated carbocycles. The number of carbonyl (C=O) groups is 2. The highest BCUT2D eigenvalue weighted by atomic mass is 32.1. The van der Waals surface area contributed by atoms with Crippen LogP contribution in [0.3, 0.4) is 0 Å². The van der Waals surface area contributed by atoms with Crippen LogP contribution >= 0.6 is 11.3 Å². The first-order chi connectivity index (χ1) is 13.6. The zero-order chi connectivity index (χ0) is 19.7. The number of thiophene rings is 1. The maximum atomic E-state index is 12.3. The van der Waals surface area contributed by atoms with E-state index >= 15 is 0 Å². The Balaban J connectivity index is 1.50. The molecule has 2 N–H and O–H groups in total. The van der Waals surface area contributed by atoms with Crippen LogP contribution in [0.25, 0.3) is 11.1 Å². The van der Waals surface area contributed by atoms with Crippen molar-refractivity contribution >= 4 is 28.4 Å². The number of carbonyl (C=O) groups excluding carboxylic acids is 1. The maximum absolute atomic E-state index is 12.3. The van der Waals surface area contributed by atoms with E-state index in [1.807, 2.05) is 54.6 Å². The third-order valence-electron chi connectivity index (χ3n) is 4.62. The van der Waals surface area contributed by atoms with Gasteiger partial charge in [0.05, 0.1) is 5.56 Å². The number of benzene rings is 2. The number of nitrogens with zero attached hydrogens (tertiary/aromatic N) is 1. The smallest absolute Gasteiger partial charge is 0.412 e. The van der Waals surface area contributed by atoms with Crippen molar-refractivity contribution in [2.24, 2.45) is 0 Å². The van der Waals surface area contributed by atoms with Gasteiger partial charge in [0.2, 0.25) is 0 Å². The van der Waals surface area contributed by atoms with Gasteiger partial charge in [-0.25, -0.2) is 9.59 Å². The molecule has 0 aliphatic heterocycles. The molecule has 0 saturated heterocycles. The molecule has 4 rings (SSSR count). The molecule has 0 spiro atoms. The van der Waals surface area contributed by atoms with Crippen LogP contribution in [0.4, 0.5) is 9.80 Å². The van der Waals surface area contributed by atoms with Crippen molar-refractivity contribution < 1.29 is 19.4 Å². The second-order valence-electron chi connectivity index (χ2n) is 6.22. The Hall–Kier alpha value is -3.63. The number of hydrogen-bond acceptors (Lipinski definition) is 5. The average molecular weight is 390 g/mol. The fraction of sp³-hybridized carbons (Fsp3) is 0.0952. The molecule has 3 aromatic rings. The second kappa shape index (κ2) is 7.18. The lowest BCUT2D eigenvalue weighted by Crippen LogP contribution is -2.17. The van der Waals surface area contributed by atoms with Crippen molar-refractivity contribution in [2.45, 2.75) is 5.92 Å². The fourth-order valence-corrected chi connectivity index (χ4v) is 4.23. The molecule has 1 amide bonds. The molecular weight excluding hydrogens is 376 g/mol. The van der Waals surface area contributed by atoms with Gasteiger partial charge in [0, 0.05) is 5.92 Å². The summed E-state index contributed by atoms with van der Waals surface area (Å²) in [7, 11) is 0. The summed E-state index contributed by atoms with van der Waals surface area (Å²) in [5.74, 6) is -1.23. The molecule has 2 aromatic carbocycles. The van der Waals surface area contributed by atoms with Crippen LogP contribution in [0.15, 0.2) is 54.6 Å². The van der Waals surface area contributed by atoms with E-state index in [-0.39, 0.29) is 28.0 Å². The Morgan fingerprint density at radius 1 is 1.11 bits per heavy atom. The van der Waals surface area contributed by atoms with Crippen molar-refractivity contribution in [3.8, 4) is 17.2 Å². The lowest BCUT2D eigenvalue weighted by Gasteiger charge is -2.14. The third kappa shape index (κ3) is 3.10. The number of ether oxygens (including phenoxy) is 1. The van der Waals surface area contributed by atoms with E-state index in [0.717, 1.165) is 33.6 Å². The van der Waals surface area contributed by atoms with Crippen molar-refractivity contribution in [3.05, 3.63) is 76.2 Å². The number of carboxylic acid groups (broad SMARTS) is 1. The van der Waals surface area contributed by atoms with Crippen LogP contribution < -0.4 is 5.32 Å². The Bertz CT molecular complexity index is 1080. The Labute approximate surface area is 164 Å². The van der Waals surface area contributed by atoms with Gasteiger partial charge < -0.3 is 9.84 Å². The zero-order valence-electron chi connectivity index (χ0n) is 14.5. The molecule has 138 valence electrons. The van der Waals surface area contributed by atoms with Crippen LogP contribution in [0.5, 0.6) is 0 Å². The number of amides is 1. The Morgan fingerprint density at radius 2 is 1.71 bits per heavy atom. The molecule has 1 aliphatic carbocycles. The first-order valence-electron chi connectivity index (χ1n) is 8.47. The number of fused-ring (bicyclic) bond motifs is 3. The summed E-state index contributed by atoms with van der Waals surface area (Å²) < 4.78 is 5.41. The zero-order valence-corrected chi connectivity index (χ0v) is 15.3. The summed E-state index contributed by atoms with van der Waals surface area (Å²) in [5, 5.41) is 20.8. The highest BCUT2D eigenvalue weighted by Gasteiger charge is 2.29. The van der Waals surface area contributed by atoms with Crippen LogP contribution in [-0.2, 0) is 4.74 Å². The van der Waals surface area contributed by atoms with Crippen LogP contribution in [0.1, 0.15) is 32.3 Å². The predicted molar refractivity (Wildman–Crippen MR) is 105 cm³/mol. The number of hydrogen-bond donors (Lipinski definition) is 2. The van der Waals surface area contributed by atoms with Gasteiger partial charge in [0.1, 0.15) is 22.6 Å². The summed E-state index contributed by atoms with van der Waals surface area (Å²) in [4.78, 5) is 23.3. The number of aromatic carboxylic acids is 1. The van der Waals surface area contributed by atoms with Gasteiger partial charge in [-0.15, -0.1) is 11.3 Å². The van der Waals surface area contributed by atoms with Gasteiger partial charge in [-0.3, -0.25) is 5.32 Å². The van der Waals surface area contributed by atoms with Crippen LogP contribution in [-0.4, -0.2) is 23.8 Å². The highest BCUT2D eigenvalue weighted by molar-refractivity contribution is 7.18. The molecule has 1 aromatic heterocycles. The minimum Gasteiger partial charge on any atom is -0.477 e. The predicted octanol–water partition coefficient (Wildman–Crippen LogP) is 4.68. The van der Waals surface area contributed by atoms with Gasteiger partial charge in [0.25, 0.3) is 0 Å².